The Morgan fingerprint density at radius 1 is 1.00 bits per heavy atom. The molecule has 5 heteroatoms. The van der Waals surface area contributed by atoms with Crippen molar-refractivity contribution in [2.24, 2.45) is 0 Å². The molecule has 23 heavy (non-hydrogen) atoms. The van der Waals surface area contributed by atoms with E-state index in [0.717, 1.165) is 16.7 Å². The minimum atomic E-state index is -0.378. The van der Waals surface area contributed by atoms with Crippen LogP contribution in [0.3, 0.4) is 0 Å². The molecule has 2 aromatic carbocycles. The lowest BCUT2D eigenvalue weighted by atomic mass is 10.1. The summed E-state index contributed by atoms with van der Waals surface area (Å²) in [6.07, 6.45) is -0.255. The number of amides is 2. The fraction of sp³-hybridized carbons (Fsp3) is 0.222. The Labute approximate surface area is 134 Å². The summed E-state index contributed by atoms with van der Waals surface area (Å²) < 4.78 is 12.8. The van der Waals surface area contributed by atoms with Crippen molar-refractivity contribution in [2.45, 2.75) is 26.8 Å². The molecule has 0 fully saturated rings. The van der Waals surface area contributed by atoms with Gasteiger partial charge in [-0.15, -0.1) is 0 Å². The summed E-state index contributed by atoms with van der Waals surface area (Å²) >= 11 is 0. The van der Waals surface area contributed by atoms with Crippen molar-refractivity contribution in [3.8, 4) is 0 Å². The van der Waals surface area contributed by atoms with Crippen LogP contribution in [0.5, 0.6) is 0 Å². The number of nitrogens with one attached hydrogen (secondary N) is 2. The van der Waals surface area contributed by atoms with E-state index in [0.29, 0.717) is 5.69 Å². The molecule has 0 saturated carbocycles. The van der Waals surface area contributed by atoms with Gasteiger partial charge in [-0.25, -0.2) is 4.39 Å². The molecule has 0 unspecified atom stereocenters. The zero-order chi connectivity index (χ0) is 16.8. The number of carbonyl (C=O) groups excluding carboxylic acids is 2. The van der Waals surface area contributed by atoms with Crippen LogP contribution in [0.1, 0.15) is 23.1 Å². The largest absolute Gasteiger partial charge is 0.352 e. The minimum Gasteiger partial charge on any atom is -0.352 e. The molecule has 0 radical (unpaired) electrons. The summed E-state index contributed by atoms with van der Waals surface area (Å²) in [7, 11) is 0. The molecule has 0 bridgehead atoms. The SMILES string of the molecule is Cc1cccc(NC(=O)CC(=O)NCc2ccc(F)cc2)c1C. The van der Waals surface area contributed by atoms with Crippen LogP contribution in [0.4, 0.5) is 10.1 Å². The number of benzene rings is 2. The number of aryl methyl sites for hydroxylation is 1. The second kappa shape index (κ2) is 7.54. The first-order valence-electron chi connectivity index (χ1n) is 7.33. The molecule has 0 atom stereocenters. The second-order valence-corrected chi connectivity index (χ2v) is 5.38. The summed E-state index contributed by atoms with van der Waals surface area (Å²) in [4.78, 5) is 23.7. The third-order valence-corrected chi connectivity index (χ3v) is 3.60. The van der Waals surface area contributed by atoms with E-state index in [9.17, 15) is 14.0 Å². The Hall–Kier alpha value is -2.69. The number of rotatable bonds is 5. The van der Waals surface area contributed by atoms with Crippen molar-refractivity contribution >= 4 is 17.5 Å². The van der Waals surface area contributed by atoms with Gasteiger partial charge in [-0.1, -0.05) is 24.3 Å². The molecule has 2 N–H and O–H groups in total. The van der Waals surface area contributed by atoms with E-state index in [2.05, 4.69) is 10.6 Å². The van der Waals surface area contributed by atoms with Crippen molar-refractivity contribution in [1.29, 1.82) is 0 Å². The molecule has 4 nitrogen and oxygen atoms in total. The van der Waals surface area contributed by atoms with Crippen LogP contribution >= 0.6 is 0 Å². The molecule has 2 aromatic rings. The Kier molecular flexibility index (Phi) is 5.46. The van der Waals surface area contributed by atoms with Gasteiger partial charge in [0.1, 0.15) is 12.2 Å². The highest BCUT2D eigenvalue weighted by Crippen LogP contribution is 2.18. The molecule has 0 spiro atoms. The van der Waals surface area contributed by atoms with Crippen molar-refractivity contribution < 1.29 is 14.0 Å². The minimum absolute atomic E-state index is 0.255. The Morgan fingerprint density at radius 3 is 2.39 bits per heavy atom. The predicted molar refractivity (Wildman–Crippen MR) is 87.4 cm³/mol. The number of anilines is 1. The molecule has 0 saturated heterocycles. The average molecular weight is 314 g/mol. The van der Waals surface area contributed by atoms with Gasteiger partial charge in [0.15, 0.2) is 0 Å². The van der Waals surface area contributed by atoms with Gasteiger partial charge in [0.05, 0.1) is 0 Å². The average Bonchev–Trinajstić information content (AvgIpc) is 2.51. The lowest BCUT2D eigenvalue weighted by Crippen LogP contribution is -2.27. The lowest BCUT2D eigenvalue weighted by Gasteiger charge is -2.10. The summed E-state index contributed by atoms with van der Waals surface area (Å²) in [5.41, 5.74) is 3.53. The second-order valence-electron chi connectivity index (χ2n) is 5.38. The Morgan fingerprint density at radius 2 is 1.70 bits per heavy atom. The first-order chi connectivity index (χ1) is 11.0. The maximum Gasteiger partial charge on any atom is 0.233 e. The third kappa shape index (κ3) is 4.92. The van der Waals surface area contributed by atoms with Gasteiger partial charge in [0, 0.05) is 12.2 Å². The van der Waals surface area contributed by atoms with Gasteiger partial charge in [0.2, 0.25) is 11.8 Å². The van der Waals surface area contributed by atoms with Crippen LogP contribution < -0.4 is 10.6 Å². The maximum atomic E-state index is 12.8. The fourth-order valence-electron chi connectivity index (χ4n) is 2.09. The highest BCUT2D eigenvalue weighted by Gasteiger charge is 2.11. The summed E-state index contributed by atoms with van der Waals surface area (Å²) in [6.45, 7) is 4.13. The van der Waals surface area contributed by atoms with E-state index in [1.165, 1.54) is 12.1 Å². The number of hydrogen-bond acceptors (Lipinski definition) is 2. The summed E-state index contributed by atoms with van der Waals surface area (Å²) in [5, 5.41) is 5.38. The highest BCUT2D eigenvalue weighted by atomic mass is 19.1. The van der Waals surface area contributed by atoms with E-state index in [1.807, 2.05) is 26.0 Å². The van der Waals surface area contributed by atoms with E-state index < -0.39 is 0 Å². The quantitative estimate of drug-likeness (QED) is 0.833. The van der Waals surface area contributed by atoms with Crippen LogP contribution in [0, 0.1) is 19.7 Å². The Bertz CT molecular complexity index is 711. The zero-order valence-electron chi connectivity index (χ0n) is 13.2. The van der Waals surface area contributed by atoms with Crippen LogP contribution in [-0.4, -0.2) is 11.8 Å². The maximum absolute atomic E-state index is 12.8. The molecule has 2 amide bonds. The van der Waals surface area contributed by atoms with Crippen LogP contribution in [0.15, 0.2) is 42.5 Å². The topological polar surface area (TPSA) is 58.2 Å². The Balaban J connectivity index is 1.84. The van der Waals surface area contributed by atoms with Crippen molar-refractivity contribution in [2.75, 3.05) is 5.32 Å². The van der Waals surface area contributed by atoms with Crippen LogP contribution in [0.25, 0.3) is 0 Å². The van der Waals surface area contributed by atoms with Gasteiger partial charge in [0.25, 0.3) is 0 Å². The molecule has 0 aliphatic rings. The van der Waals surface area contributed by atoms with Crippen molar-refractivity contribution in [3.05, 3.63) is 65.0 Å². The van der Waals surface area contributed by atoms with Gasteiger partial charge in [-0.2, -0.15) is 0 Å². The summed E-state index contributed by atoms with van der Waals surface area (Å²) in [6, 6.07) is 11.4. The molecule has 0 aromatic heterocycles. The molecule has 0 aliphatic heterocycles. The number of halogens is 1. The molecule has 2 rings (SSSR count). The van der Waals surface area contributed by atoms with Gasteiger partial charge < -0.3 is 10.6 Å². The van der Waals surface area contributed by atoms with Crippen molar-refractivity contribution in [3.63, 3.8) is 0 Å². The normalized spacial score (nSPS) is 10.2. The van der Waals surface area contributed by atoms with Crippen LogP contribution in [-0.2, 0) is 16.1 Å². The number of hydrogen-bond donors (Lipinski definition) is 2. The van der Waals surface area contributed by atoms with E-state index in [-0.39, 0.29) is 30.6 Å². The predicted octanol–water partition coefficient (Wildman–Crippen LogP) is 3.09. The molecular formula is C18H19FN2O2. The van der Waals surface area contributed by atoms with E-state index in [1.54, 1.807) is 18.2 Å². The zero-order valence-corrected chi connectivity index (χ0v) is 13.2. The third-order valence-electron chi connectivity index (χ3n) is 3.60. The molecule has 0 heterocycles. The first kappa shape index (κ1) is 16.7. The van der Waals surface area contributed by atoms with Crippen LogP contribution in [0.2, 0.25) is 0 Å². The fourth-order valence-corrected chi connectivity index (χ4v) is 2.09. The smallest absolute Gasteiger partial charge is 0.233 e. The first-order valence-corrected chi connectivity index (χ1v) is 7.33. The van der Waals surface area contributed by atoms with Gasteiger partial charge >= 0.3 is 0 Å². The lowest BCUT2D eigenvalue weighted by molar-refractivity contribution is -0.126. The van der Waals surface area contributed by atoms with Gasteiger partial charge in [-0.05, 0) is 48.7 Å². The number of carbonyl (C=O) groups is 2. The highest BCUT2D eigenvalue weighted by molar-refractivity contribution is 6.03. The summed E-state index contributed by atoms with van der Waals surface area (Å²) in [5.74, 6) is -1.07. The van der Waals surface area contributed by atoms with Crippen molar-refractivity contribution in [1.82, 2.24) is 5.32 Å². The molecular weight excluding hydrogens is 295 g/mol. The monoisotopic (exact) mass is 314 g/mol. The van der Waals surface area contributed by atoms with Gasteiger partial charge in [-0.3, -0.25) is 9.59 Å². The van der Waals surface area contributed by atoms with E-state index >= 15 is 0 Å². The standard InChI is InChI=1S/C18H19FN2O2/c1-12-4-3-5-16(13(12)2)21-18(23)10-17(22)20-11-14-6-8-15(19)9-7-14/h3-9H,10-11H2,1-2H3,(H,20,22)(H,21,23). The molecule has 0 aliphatic carbocycles. The molecule has 120 valence electrons. The van der Waals surface area contributed by atoms with E-state index in [4.69, 9.17) is 0 Å².